The Bertz CT molecular complexity index is 976. The van der Waals surface area contributed by atoms with Crippen LogP contribution in [0.15, 0.2) is 34.3 Å². The molecular formula is C22H33ClN5OPS. The van der Waals surface area contributed by atoms with Gasteiger partial charge in [-0.25, -0.2) is 9.97 Å². The first-order chi connectivity index (χ1) is 14.5. The van der Waals surface area contributed by atoms with Crippen LogP contribution in [0.2, 0.25) is 5.02 Å². The third-order valence-electron chi connectivity index (χ3n) is 6.04. The summed E-state index contributed by atoms with van der Waals surface area (Å²) < 4.78 is 13.8. The Morgan fingerprint density at radius 1 is 1.19 bits per heavy atom. The standard InChI is InChI=1S/C22H33ClN5OPS/c1-14(2)30(29,15(3)4)16-7-6-8-17(19(16)23)31-21-20(24)27-18(13-26-21)28-11-9-22(5,25)10-12-28/h6-8,13-15H,9-12,25H2,1-5H3,(H2,24,27). The molecule has 170 valence electrons. The summed E-state index contributed by atoms with van der Waals surface area (Å²) in [6.45, 7) is 11.7. The minimum Gasteiger partial charge on any atom is -0.381 e. The smallest absolute Gasteiger partial charge is 0.158 e. The van der Waals surface area contributed by atoms with Crippen molar-refractivity contribution in [3.63, 3.8) is 0 Å². The van der Waals surface area contributed by atoms with Gasteiger partial charge in [-0.15, -0.1) is 0 Å². The van der Waals surface area contributed by atoms with Crippen molar-refractivity contribution in [2.24, 2.45) is 5.73 Å². The fraction of sp³-hybridized carbons (Fsp3) is 0.545. The van der Waals surface area contributed by atoms with Gasteiger partial charge in [0.15, 0.2) is 5.82 Å². The van der Waals surface area contributed by atoms with Crippen molar-refractivity contribution in [2.45, 2.75) is 74.2 Å². The highest BCUT2D eigenvalue weighted by Crippen LogP contribution is 2.56. The molecule has 4 N–H and O–H groups in total. The molecule has 0 radical (unpaired) electrons. The largest absolute Gasteiger partial charge is 0.381 e. The number of hydrogen-bond donors (Lipinski definition) is 2. The van der Waals surface area contributed by atoms with Crippen LogP contribution < -0.4 is 21.7 Å². The van der Waals surface area contributed by atoms with E-state index in [1.807, 2.05) is 45.9 Å². The number of nitrogen functional groups attached to an aromatic ring is 1. The second-order valence-corrected chi connectivity index (χ2v) is 14.5. The topological polar surface area (TPSA) is 98.1 Å². The number of anilines is 2. The van der Waals surface area contributed by atoms with Crippen LogP contribution in [0, 0.1) is 0 Å². The van der Waals surface area contributed by atoms with E-state index in [0.29, 0.717) is 15.9 Å². The molecule has 2 heterocycles. The van der Waals surface area contributed by atoms with Crippen LogP contribution in [0.3, 0.4) is 0 Å². The lowest BCUT2D eigenvalue weighted by Gasteiger charge is -2.37. The molecule has 9 heteroatoms. The van der Waals surface area contributed by atoms with Gasteiger partial charge in [-0.2, -0.15) is 0 Å². The molecule has 0 aliphatic carbocycles. The molecule has 1 aromatic carbocycles. The maximum atomic E-state index is 13.8. The molecule has 0 amide bonds. The van der Waals surface area contributed by atoms with E-state index in [1.54, 1.807) is 6.20 Å². The summed E-state index contributed by atoms with van der Waals surface area (Å²) in [5, 5.41) is 1.83. The second kappa shape index (κ2) is 9.30. The first kappa shape index (κ1) is 24.4. The monoisotopic (exact) mass is 481 g/mol. The maximum absolute atomic E-state index is 13.8. The van der Waals surface area contributed by atoms with E-state index in [1.165, 1.54) is 11.8 Å². The van der Waals surface area contributed by atoms with Crippen LogP contribution in [0.5, 0.6) is 0 Å². The number of benzene rings is 1. The first-order valence-corrected chi connectivity index (χ1v) is 13.7. The number of piperidine rings is 1. The van der Waals surface area contributed by atoms with E-state index in [4.69, 9.17) is 23.1 Å². The Balaban J connectivity index is 1.86. The van der Waals surface area contributed by atoms with Crippen molar-refractivity contribution < 1.29 is 4.57 Å². The van der Waals surface area contributed by atoms with Crippen molar-refractivity contribution >= 4 is 47.4 Å². The predicted octanol–water partition coefficient (Wildman–Crippen LogP) is 4.99. The number of rotatable bonds is 6. The molecule has 3 rings (SSSR count). The van der Waals surface area contributed by atoms with Gasteiger partial charge in [0.25, 0.3) is 0 Å². The lowest BCUT2D eigenvalue weighted by Crippen LogP contribution is -2.48. The summed E-state index contributed by atoms with van der Waals surface area (Å²) in [5.74, 6) is 1.13. The van der Waals surface area contributed by atoms with Gasteiger partial charge in [-0.1, -0.05) is 57.1 Å². The Morgan fingerprint density at radius 3 is 2.35 bits per heavy atom. The summed E-state index contributed by atoms with van der Waals surface area (Å²) in [7, 11) is -2.66. The van der Waals surface area contributed by atoms with Gasteiger partial charge < -0.3 is 20.9 Å². The van der Waals surface area contributed by atoms with E-state index < -0.39 is 7.14 Å². The summed E-state index contributed by atoms with van der Waals surface area (Å²) in [6.07, 6.45) is 3.56. The number of hydrogen-bond acceptors (Lipinski definition) is 7. The van der Waals surface area contributed by atoms with E-state index in [0.717, 1.165) is 41.9 Å². The van der Waals surface area contributed by atoms with Crippen molar-refractivity contribution in [1.29, 1.82) is 0 Å². The molecule has 31 heavy (non-hydrogen) atoms. The lowest BCUT2D eigenvalue weighted by molar-refractivity contribution is 0.363. The second-order valence-electron chi connectivity index (χ2n) is 9.15. The van der Waals surface area contributed by atoms with Gasteiger partial charge in [0.2, 0.25) is 0 Å². The zero-order valence-corrected chi connectivity index (χ0v) is 21.4. The van der Waals surface area contributed by atoms with Crippen LogP contribution in [-0.2, 0) is 4.57 Å². The highest BCUT2D eigenvalue weighted by atomic mass is 35.5. The highest BCUT2D eigenvalue weighted by molar-refractivity contribution is 7.99. The van der Waals surface area contributed by atoms with Crippen LogP contribution in [0.25, 0.3) is 0 Å². The van der Waals surface area contributed by atoms with Gasteiger partial charge in [0.1, 0.15) is 18.0 Å². The molecule has 1 aliphatic rings. The zero-order chi connectivity index (χ0) is 23.0. The highest BCUT2D eigenvalue weighted by Gasteiger charge is 2.35. The summed E-state index contributed by atoms with van der Waals surface area (Å²) in [5.41, 5.74) is 12.4. The predicted molar refractivity (Wildman–Crippen MR) is 134 cm³/mol. The molecule has 6 nitrogen and oxygen atoms in total. The Kier molecular flexibility index (Phi) is 7.31. The molecular weight excluding hydrogens is 449 g/mol. The van der Waals surface area contributed by atoms with E-state index in [-0.39, 0.29) is 16.9 Å². The van der Waals surface area contributed by atoms with Gasteiger partial charge in [0, 0.05) is 40.1 Å². The van der Waals surface area contributed by atoms with Crippen molar-refractivity contribution in [3.05, 3.63) is 29.4 Å². The third kappa shape index (κ3) is 5.05. The van der Waals surface area contributed by atoms with Crippen molar-refractivity contribution in [3.8, 4) is 0 Å². The SMILES string of the molecule is CC(C)P(=O)(c1cccc(Sc2ncc(N3CCC(C)(N)CC3)nc2N)c1Cl)C(C)C. The molecule has 0 bridgehead atoms. The van der Waals surface area contributed by atoms with Crippen LogP contribution in [0.1, 0.15) is 47.5 Å². The first-order valence-electron chi connectivity index (χ1n) is 10.7. The van der Waals surface area contributed by atoms with E-state index in [9.17, 15) is 4.57 Å². The van der Waals surface area contributed by atoms with Crippen molar-refractivity contribution in [1.82, 2.24) is 9.97 Å². The Morgan fingerprint density at radius 2 is 1.81 bits per heavy atom. The fourth-order valence-corrected chi connectivity index (χ4v) is 8.54. The minimum absolute atomic E-state index is 0.00862. The molecule has 2 aromatic rings. The quantitative estimate of drug-likeness (QED) is 0.561. The van der Waals surface area contributed by atoms with Gasteiger partial charge in [-0.05, 0) is 31.9 Å². The van der Waals surface area contributed by atoms with Gasteiger partial charge >= 0.3 is 0 Å². The Labute approximate surface area is 194 Å². The molecule has 0 unspecified atom stereocenters. The summed E-state index contributed by atoms with van der Waals surface area (Å²) in [4.78, 5) is 12.1. The molecule has 0 spiro atoms. The number of halogens is 1. The van der Waals surface area contributed by atoms with E-state index in [2.05, 4.69) is 21.8 Å². The molecule has 0 saturated carbocycles. The van der Waals surface area contributed by atoms with Crippen LogP contribution >= 0.6 is 30.5 Å². The van der Waals surface area contributed by atoms with Crippen LogP contribution in [-0.4, -0.2) is 39.9 Å². The van der Waals surface area contributed by atoms with Gasteiger partial charge in [-0.3, -0.25) is 0 Å². The molecule has 1 fully saturated rings. The third-order valence-corrected chi connectivity index (χ3v) is 12.0. The Hall–Kier alpha value is -1.27. The number of aromatic nitrogens is 2. The average molecular weight is 482 g/mol. The molecule has 1 aliphatic heterocycles. The minimum atomic E-state index is -2.66. The maximum Gasteiger partial charge on any atom is 0.158 e. The lowest BCUT2D eigenvalue weighted by atomic mass is 9.91. The molecule has 0 atom stereocenters. The average Bonchev–Trinajstić information content (AvgIpc) is 2.70. The van der Waals surface area contributed by atoms with Crippen molar-refractivity contribution in [2.75, 3.05) is 23.7 Å². The van der Waals surface area contributed by atoms with E-state index >= 15 is 0 Å². The molecule has 1 saturated heterocycles. The summed E-state index contributed by atoms with van der Waals surface area (Å²) in [6, 6.07) is 5.69. The number of nitrogens with zero attached hydrogens (tertiary/aromatic N) is 3. The zero-order valence-electron chi connectivity index (χ0n) is 18.9. The summed E-state index contributed by atoms with van der Waals surface area (Å²) >= 11 is 8.12. The number of nitrogens with two attached hydrogens (primary N) is 2. The van der Waals surface area contributed by atoms with Gasteiger partial charge in [0.05, 0.1) is 11.2 Å². The fourth-order valence-electron chi connectivity index (χ4n) is 3.96. The van der Waals surface area contributed by atoms with Crippen LogP contribution in [0.4, 0.5) is 11.6 Å². The normalized spacial score (nSPS) is 16.9. The molecule has 1 aromatic heterocycles.